The molecule has 5 rings (SSSR count). The second-order valence-corrected chi connectivity index (χ2v) is 8.06. The third kappa shape index (κ3) is 3.46. The number of amides is 1. The molecule has 3 heterocycles. The molecule has 33 heavy (non-hydrogen) atoms. The molecule has 2 aliphatic rings. The van der Waals surface area contributed by atoms with Crippen LogP contribution in [0.5, 0.6) is 11.5 Å². The summed E-state index contributed by atoms with van der Waals surface area (Å²) >= 11 is 0. The molecule has 3 aromatic rings. The summed E-state index contributed by atoms with van der Waals surface area (Å²) in [6.07, 6.45) is 1.69. The van der Waals surface area contributed by atoms with Gasteiger partial charge in [0.25, 0.3) is 11.7 Å². The Balaban J connectivity index is 1.70. The highest BCUT2D eigenvalue weighted by atomic mass is 16.5. The maximum Gasteiger partial charge on any atom is 0.300 e. The minimum absolute atomic E-state index is 0.0306. The third-order valence-electron chi connectivity index (χ3n) is 6.00. The number of nitrogens with zero attached hydrogens (tertiary/aromatic N) is 1. The number of benzene rings is 2. The van der Waals surface area contributed by atoms with Gasteiger partial charge in [0.2, 0.25) is 0 Å². The van der Waals surface area contributed by atoms with Crippen LogP contribution in [0.3, 0.4) is 0 Å². The van der Waals surface area contributed by atoms with Crippen LogP contribution in [-0.4, -0.2) is 30.5 Å². The van der Waals surface area contributed by atoms with E-state index >= 15 is 0 Å². The van der Waals surface area contributed by atoms with Crippen molar-refractivity contribution in [3.63, 3.8) is 0 Å². The van der Waals surface area contributed by atoms with E-state index in [1.807, 2.05) is 6.07 Å². The summed E-state index contributed by atoms with van der Waals surface area (Å²) in [6.45, 7) is 2.43. The molecule has 1 saturated heterocycles. The number of ether oxygens (including phenoxy) is 2. The number of hydrogen-bond donors (Lipinski definition) is 1. The molecule has 0 spiro atoms. The van der Waals surface area contributed by atoms with Crippen LogP contribution in [0.15, 0.2) is 64.6 Å². The number of furan rings is 1. The quantitative estimate of drug-likeness (QED) is 0.360. The first-order valence-electron chi connectivity index (χ1n) is 10.8. The number of Topliss-reactive ketones (excluding diaryl/α,β-unsaturated/α-hetero) is 1. The van der Waals surface area contributed by atoms with Gasteiger partial charge in [0.1, 0.15) is 34.8 Å². The van der Waals surface area contributed by atoms with Gasteiger partial charge in [-0.25, -0.2) is 0 Å². The SMILES string of the molecule is COc1ccccc1N1C(=O)C(=O)/C(=C(\O)c2ccc3c(c2)CCCO3)C1c1ccc(C)o1. The fraction of sp³-hybridized carbons (Fsp3) is 0.231. The predicted molar refractivity (Wildman–Crippen MR) is 121 cm³/mol. The second kappa shape index (κ2) is 8.16. The molecule has 0 radical (unpaired) electrons. The van der Waals surface area contributed by atoms with Gasteiger partial charge in [0.05, 0.1) is 25.0 Å². The van der Waals surface area contributed by atoms with Crippen molar-refractivity contribution in [3.8, 4) is 11.5 Å². The summed E-state index contributed by atoms with van der Waals surface area (Å²) < 4.78 is 16.9. The fourth-order valence-corrected chi connectivity index (χ4v) is 4.44. The average Bonchev–Trinajstić information content (AvgIpc) is 3.38. The number of rotatable bonds is 4. The molecule has 1 N–H and O–H groups in total. The van der Waals surface area contributed by atoms with Crippen LogP contribution in [-0.2, 0) is 16.0 Å². The number of aliphatic hydroxyl groups excluding tert-OH is 1. The fourth-order valence-electron chi connectivity index (χ4n) is 4.44. The molecule has 0 aliphatic carbocycles. The summed E-state index contributed by atoms with van der Waals surface area (Å²) in [7, 11) is 1.50. The van der Waals surface area contributed by atoms with Gasteiger partial charge in [0.15, 0.2) is 0 Å². The Morgan fingerprint density at radius 2 is 1.94 bits per heavy atom. The van der Waals surface area contributed by atoms with Crippen molar-refractivity contribution in [3.05, 3.63) is 82.8 Å². The first-order chi connectivity index (χ1) is 16.0. The Kier molecular flexibility index (Phi) is 5.17. The molecule has 2 aliphatic heterocycles. The Bertz CT molecular complexity index is 1290. The van der Waals surface area contributed by atoms with E-state index in [4.69, 9.17) is 13.9 Å². The van der Waals surface area contributed by atoms with E-state index in [0.29, 0.717) is 35.1 Å². The summed E-state index contributed by atoms with van der Waals surface area (Å²) in [5, 5.41) is 11.3. The van der Waals surface area contributed by atoms with Gasteiger partial charge in [-0.3, -0.25) is 14.5 Å². The smallest absolute Gasteiger partial charge is 0.300 e. The van der Waals surface area contributed by atoms with Crippen molar-refractivity contribution in [1.82, 2.24) is 0 Å². The topological polar surface area (TPSA) is 89.2 Å². The van der Waals surface area contributed by atoms with Gasteiger partial charge in [-0.2, -0.15) is 0 Å². The zero-order valence-electron chi connectivity index (χ0n) is 18.3. The van der Waals surface area contributed by atoms with Gasteiger partial charge in [0, 0.05) is 5.56 Å². The van der Waals surface area contributed by atoms with Crippen molar-refractivity contribution < 1.29 is 28.6 Å². The largest absolute Gasteiger partial charge is 0.507 e. The monoisotopic (exact) mass is 445 g/mol. The van der Waals surface area contributed by atoms with Crippen molar-refractivity contribution >= 4 is 23.1 Å². The third-order valence-corrected chi connectivity index (χ3v) is 6.00. The minimum Gasteiger partial charge on any atom is -0.507 e. The maximum absolute atomic E-state index is 13.3. The van der Waals surface area contributed by atoms with Crippen LogP contribution < -0.4 is 14.4 Å². The van der Waals surface area contributed by atoms with Gasteiger partial charge >= 0.3 is 0 Å². The van der Waals surface area contributed by atoms with Crippen molar-refractivity contribution in [1.29, 1.82) is 0 Å². The van der Waals surface area contributed by atoms with Crippen LogP contribution in [0.1, 0.15) is 35.1 Å². The molecule has 0 saturated carbocycles. The molecule has 0 bridgehead atoms. The van der Waals surface area contributed by atoms with Crippen LogP contribution >= 0.6 is 0 Å². The average molecular weight is 445 g/mol. The Morgan fingerprint density at radius 1 is 1.12 bits per heavy atom. The molecular formula is C26H23NO6. The second-order valence-electron chi connectivity index (χ2n) is 8.06. The number of fused-ring (bicyclic) bond motifs is 1. The predicted octanol–water partition coefficient (Wildman–Crippen LogP) is 4.55. The lowest BCUT2D eigenvalue weighted by molar-refractivity contribution is -0.132. The lowest BCUT2D eigenvalue weighted by Gasteiger charge is -2.25. The van der Waals surface area contributed by atoms with Crippen LogP contribution in [0.4, 0.5) is 5.69 Å². The zero-order valence-corrected chi connectivity index (χ0v) is 18.3. The lowest BCUT2D eigenvalue weighted by Crippen LogP contribution is -2.29. The van der Waals surface area contributed by atoms with Crippen LogP contribution in [0.2, 0.25) is 0 Å². The van der Waals surface area contributed by atoms with E-state index in [0.717, 1.165) is 24.2 Å². The van der Waals surface area contributed by atoms with Gasteiger partial charge in [-0.05, 0) is 67.8 Å². The van der Waals surface area contributed by atoms with Gasteiger partial charge in [-0.1, -0.05) is 12.1 Å². The summed E-state index contributed by atoms with van der Waals surface area (Å²) in [6, 6.07) is 14.8. The number of methoxy groups -OCH3 is 1. The standard InChI is InChI=1S/C26H23NO6/c1-15-9-11-21(33-15)23-22(24(28)17-10-12-19-16(14-17)6-5-13-32-19)25(29)26(30)27(23)18-7-3-4-8-20(18)31-2/h3-4,7-12,14,23,28H,5-6,13H2,1-2H3/b24-22-. The molecule has 7 nitrogen and oxygen atoms in total. The normalized spacial score (nSPS) is 19.3. The lowest BCUT2D eigenvalue weighted by atomic mass is 9.96. The Hall–Kier alpha value is -4.00. The number of para-hydroxylation sites is 2. The number of ketones is 1. The minimum atomic E-state index is -0.942. The van der Waals surface area contributed by atoms with E-state index in [1.165, 1.54) is 12.0 Å². The number of aryl methyl sites for hydroxylation is 2. The highest BCUT2D eigenvalue weighted by molar-refractivity contribution is 6.51. The van der Waals surface area contributed by atoms with Crippen LogP contribution in [0, 0.1) is 6.92 Å². The van der Waals surface area contributed by atoms with E-state index < -0.39 is 17.7 Å². The highest BCUT2D eigenvalue weighted by Gasteiger charge is 2.49. The molecular weight excluding hydrogens is 422 g/mol. The van der Waals surface area contributed by atoms with Crippen molar-refractivity contribution in [2.45, 2.75) is 25.8 Å². The summed E-state index contributed by atoms with van der Waals surface area (Å²) in [5.74, 6) is 0.400. The number of carbonyl (C=O) groups is 2. The first kappa shape index (κ1) is 20.9. The van der Waals surface area contributed by atoms with Gasteiger partial charge < -0.3 is 19.0 Å². The van der Waals surface area contributed by atoms with Crippen molar-refractivity contribution in [2.75, 3.05) is 18.6 Å². The first-order valence-corrected chi connectivity index (χ1v) is 10.8. The molecule has 2 aromatic carbocycles. The molecule has 1 atom stereocenters. The number of anilines is 1. The number of hydrogen-bond acceptors (Lipinski definition) is 6. The molecule has 1 unspecified atom stereocenters. The Labute approximate surface area is 190 Å². The van der Waals surface area contributed by atoms with Crippen molar-refractivity contribution in [2.24, 2.45) is 0 Å². The molecule has 168 valence electrons. The summed E-state index contributed by atoms with van der Waals surface area (Å²) in [4.78, 5) is 27.8. The Morgan fingerprint density at radius 3 is 2.70 bits per heavy atom. The van der Waals surface area contributed by atoms with E-state index in [9.17, 15) is 14.7 Å². The van der Waals surface area contributed by atoms with Gasteiger partial charge in [-0.15, -0.1) is 0 Å². The zero-order chi connectivity index (χ0) is 23.1. The molecule has 7 heteroatoms. The number of carbonyl (C=O) groups excluding carboxylic acids is 2. The maximum atomic E-state index is 13.3. The van der Waals surface area contributed by atoms with E-state index in [1.54, 1.807) is 55.5 Å². The van der Waals surface area contributed by atoms with Crippen LogP contribution in [0.25, 0.3) is 5.76 Å². The molecule has 1 amide bonds. The summed E-state index contributed by atoms with van der Waals surface area (Å²) in [5.41, 5.74) is 1.79. The number of aliphatic hydroxyl groups is 1. The van der Waals surface area contributed by atoms with E-state index in [2.05, 4.69) is 0 Å². The van der Waals surface area contributed by atoms with E-state index in [-0.39, 0.29) is 11.3 Å². The molecule has 1 fully saturated rings. The highest BCUT2D eigenvalue weighted by Crippen LogP contribution is 2.45. The molecule has 1 aromatic heterocycles.